The lowest BCUT2D eigenvalue weighted by molar-refractivity contribution is -0.115. The van der Waals surface area contributed by atoms with Crippen molar-refractivity contribution in [3.63, 3.8) is 0 Å². The minimum absolute atomic E-state index is 0.118. The molecule has 0 unspecified atom stereocenters. The van der Waals surface area contributed by atoms with Gasteiger partial charge in [-0.05, 0) is 38.0 Å². The molecule has 1 aliphatic rings. The summed E-state index contributed by atoms with van der Waals surface area (Å²) in [4.78, 5) is 14.5. The number of likely N-dealkylation sites (tertiary alicyclic amines) is 1. The molecule has 0 radical (unpaired) electrons. The molecule has 0 saturated carbocycles. The monoisotopic (exact) mass is 358 g/mol. The first-order valence-corrected chi connectivity index (χ1v) is 8.78. The summed E-state index contributed by atoms with van der Waals surface area (Å²) in [7, 11) is 1.56. The van der Waals surface area contributed by atoms with Crippen LogP contribution in [0.5, 0.6) is 5.75 Å². The second-order valence-electron chi connectivity index (χ2n) is 5.05. The Morgan fingerprint density at radius 3 is 2.77 bits per heavy atom. The van der Waals surface area contributed by atoms with Crippen LogP contribution in [0.25, 0.3) is 0 Å². The van der Waals surface area contributed by atoms with Crippen molar-refractivity contribution >= 4 is 51.5 Å². The largest absolute Gasteiger partial charge is 0.495 e. The molecule has 0 aliphatic carbocycles. The van der Waals surface area contributed by atoms with E-state index in [0.29, 0.717) is 16.5 Å². The van der Waals surface area contributed by atoms with Crippen molar-refractivity contribution in [1.29, 1.82) is 0 Å². The molecule has 1 N–H and O–H groups in total. The summed E-state index contributed by atoms with van der Waals surface area (Å²) in [5.74, 6) is 0.462. The Morgan fingerprint density at radius 2 is 2.14 bits per heavy atom. The van der Waals surface area contributed by atoms with Gasteiger partial charge < -0.3 is 15.0 Å². The van der Waals surface area contributed by atoms with Gasteiger partial charge in [-0.15, -0.1) is 0 Å². The minimum atomic E-state index is -0.281. The van der Waals surface area contributed by atoms with Crippen LogP contribution in [0.1, 0.15) is 19.8 Å². The summed E-state index contributed by atoms with van der Waals surface area (Å²) < 4.78 is 6.02. The molecule has 1 fully saturated rings. The number of carbonyl (C=O) groups excluding carboxylic acids is 1. The number of nitrogens with zero attached hydrogens (tertiary/aromatic N) is 1. The second kappa shape index (κ2) is 8.04. The molecule has 1 amide bonds. The van der Waals surface area contributed by atoms with Crippen LogP contribution in [0.15, 0.2) is 18.2 Å². The van der Waals surface area contributed by atoms with Crippen molar-refractivity contribution in [1.82, 2.24) is 4.90 Å². The van der Waals surface area contributed by atoms with Gasteiger partial charge in [0.1, 0.15) is 10.1 Å². The SMILES string of the molecule is COc1ccc(Cl)cc1NC(=O)[C@@H](C)SC(=S)N1CCCC1. The smallest absolute Gasteiger partial charge is 0.237 e. The molecule has 4 nitrogen and oxygen atoms in total. The van der Waals surface area contributed by atoms with E-state index in [0.717, 1.165) is 17.4 Å². The molecule has 2 rings (SSSR count). The molecule has 1 aliphatic heterocycles. The highest BCUT2D eigenvalue weighted by atomic mass is 35.5. The number of hydrogen-bond donors (Lipinski definition) is 1. The standard InChI is InChI=1S/C15H19ClN2O2S2/c1-10(22-15(21)18-7-3-4-8-18)14(19)17-12-9-11(16)5-6-13(12)20-2/h5-6,9-10H,3-4,7-8H2,1-2H3,(H,17,19)/t10-/m1/s1. The van der Waals surface area contributed by atoms with Crippen LogP contribution >= 0.6 is 35.6 Å². The van der Waals surface area contributed by atoms with E-state index in [1.165, 1.54) is 24.6 Å². The Hall–Kier alpha value is -0.980. The summed E-state index contributed by atoms with van der Waals surface area (Å²) in [5.41, 5.74) is 0.569. The number of nitrogens with one attached hydrogen (secondary N) is 1. The molecular weight excluding hydrogens is 340 g/mol. The molecule has 120 valence electrons. The van der Waals surface area contributed by atoms with Gasteiger partial charge in [0.25, 0.3) is 0 Å². The van der Waals surface area contributed by atoms with E-state index in [-0.39, 0.29) is 11.2 Å². The topological polar surface area (TPSA) is 41.6 Å². The van der Waals surface area contributed by atoms with E-state index in [4.69, 9.17) is 28.6 Å². The Labute approximate surface area is 145 Å². The molecule has 0 spiro atoms. The fraction of sp³-hybridized carbons (Fsp3) is 0.467. The van der Waals surface area contributed by atoms with Crippen LogP contribution in [0.4, 0.5) is 5.69 Å². The van der Waals surface area contributed by atoms with E-state index < -0.39 is 0 Å². The Bertz CT molecular complexity index is 562. The van der Waals surface area contributed by atoms with Gasteiger partial charge in [0.15, 0.2) is 0 Å². The van der Waals surface area contributed by atoms with Crippen molar-refractivity contribution in [2.75, 3.05) is 25.5 Å². The third-order valence-electron chi connectivity index (χ3n) is 3.43. The molecule has 1 saturated heterocycles. The maximum absolute atomic E-state index is 12.3. The lowest BCUT2D eigenvalue weighted by Crippen LogP contribution is -2.29. The molecule has 1 atom stereocenters. The first-order valence-electron chi connectivity index (χ1n) is 7.11. The van der Waals surface area contributed by atoms with Gasteiger partial charge in [-0.3, -0.25) is 4.79 Å². The maximum Gasteiger partial charge on any atom is 0.237 e. The molecule has 1 aromatic rings. The van der Waals surface area contributed by atoms with Crippen LogP contribution in [0, 0.1) is 0 Å². The first kappa shape index (κ1) is 17.4. The zero-order valence-corrected chi connectivity index (χ0v) is 15.0. The zero-order valence-electron chi connectivity index (χ0n) is 12.6. The molecule has 0 aromatic heterocycles. The fourth-order valence-corrected chi connectivity index (χ4v) is 3.78. The number of benzene rings is 1. The Morgan fingerprint density at radius 1 is 1.45 bits per heavy atom. The maximum atomic E-state index is 12.3. The number of thiocarbonyl (C=S) groups is 1. The van der Waals surface area contributed by atoms with E-state index in [1.54, 1.807) is 25.3 Å². The van der Waals surface area contributed by atoms with Gasteiger partial charge in [-0.25, -0.2) is 0 Å². The third kappa shape index (κ3) is 4.51. The molecule has 1 heterocycles. The highest BCUT2D eigenvalue weighted by Gasteiger charge is 2.22. The van der Waals surface area contributed by atoms with E-state index in [2.05, 4.69) is 10.2 Å². The van der Waals surface area contributed by atoms with Crippen LogP contribution in [-0.2, 0) is 4.79 Å². The first-order chi connectivity index (χ1) is 10.5. The van der Waals surface area contributed by atoms with Crippen molar-refractivity contribution < 1.29 is 9.53 Å². The number of ether oxygens (including phenoxy) is 1. The highest BCUT2D eigenvalue weighted by Crippen LogP contribution is 2.29. The quantitative estimate of drug-likeness (QED) is 0.829. The molecule has 1 aromatic carbocycles. The average Bonchev–Trinajstić information content (AvgIpc) is 3.01. The number of hydrogen-bond acceptors (Lipinski definition) is 4. The van der Waals surface area contributed by atoms with Crippen molar-refractivity contribution in [3.05, 3.63) is 23.2 Å². The molecule has 22 heavy (non-hydrogen) atoms. The highest BCUT2D eigenvalue weighted by molar-refractivity contribution is 8.23. The van der Waals surface area contributed by atoms with Crippen molar-refractivity contribution in [2.24, 2.45) is 0 Å². The zero-order chi connectivity index (χ0) is 16.1. The number of anilines is 1. The van der Waals surface area contributed by atoms with Crippen molar-refractivity contribution in [2.45, 2.75) is 25.0 Å². The lowest BCUT2D eigenvalue weighted by atomic mass is 10.3. The van der Waals surface area contributed by atoms with E-state index in [9.17, 15) is 4.79 Å². The van der Waals surface area contributed by atoms with Crippen LogP contribution in [0.3, 0.4) is 0 Å². The van der Waals surface area contributed by atoms with Gasteiger partial charge in [-0.2, -0.15) is 0 Å². The van der Waals surface area contributed by atoms with Crippen LogP contribution < -0.4 is 10.1 Å². The summed E-state index contributed by atoms with van der Waals surface area (Å²) >= 11 is 12.8. The fourth-order valence-electron chi connectivity index (χ4n) is 2.19. The molecule has 7 heteroatoms. The summed E-state index contributed by atoms with van der Waals surface area (Å²) in [5, 5.41) is 3.12. The average molecular weight is 359 g/mol. The Kier molecular flexibility index (Phi) is 6.35. The molecule has 0 bridgehead atoms. The van der Waals surface area contributed by atoms with Gasteiger partial charge in [0, 0.05) is 18.1 Å². The van der Waals surface area contributed by atoms with Gasteiger partial charge >= 0.3 is 0 Å². The predicted molar refractivity (Wildman–Crippen MR) is 97.1 cm³/mol. The minimum Gasteiger partial charge on any atom is -0.495 e. The number of amides is 1. The van der Waals surface area contributed by atoms with E-state index >= 15 is 0 Å². The lowest BCUT2D eigenvalue weighted by Gasteiger charge is -2.20. The number of thioether (sulfide) groups is 1. The Balaban J connectivity index is 1.96. The number of methoxy groups -OCH3 is 1. The normalized spacial score (nSPS) is 15.5. The number of carbonyl (C=O) groups is 1. The summed E-state index contributed by atoms with van der Waals surface area (Å²) in [6, 6.07) is 5.12. The number of rotatable bonds is 4. The van der Waals surface area contributed by atoms with Crippen LogP contribution in [-0.4, -0.2) is 40.6 Å². The number of halogens is 1. The van der Waals surface area contributed by atoms with Gasteiger partial charge in [-0.1, -0.05) is 35.6 Å². The van der Waals surface area contributed by atoms with Gasteiger partial charge in [0.05, 0.1) is 18.0 Å². The van der Waals surface area contributed by atoms with Gasteiger partial charge in [0.2, 0.25) is 5.91 Å². The van der Waals surface area contributed by atoms with E-state index in [1.807, 2.05) is 6.92 Å². The summed E-state index contributed by atoms with van der Waals surface area (Å²) in [6.45, 7) is 3.82. The predicted octanol–water partition coefficient (Wildman–Crippen LogP) is 3.79. The summed E-state index contributed by atoms with van der Waals surface area (Å²) in [6.07, 6.45) is 2.34. The second-order valence-corrected chi connectivity index (χ2v) is 7.47. The molecular formula is C15H19ClN2O2S2. The van der Waals surface area contributed by atoms with Crippen molar-refractivity contribution in [3.8, 4) is 5.75 Å². The third-order valence-corrected chi connectivity index (χ3v) is 5.24. The van der Waals surface area contributed by atoms with Crippen LogP contribution in [0.2, 0.25) is 5.02 Å².